The number of nitrogens with zero attached hydrogens (tertiary/aromatic N) is 2. The smallest absolute Gasteiger partial charge is 0.377 e. The van der Waals surface area contributed by atoms with Gasteiger partial charge in [0, 0.05) is 12.6 Å². The summed E-state index contributed by atoms with van der Waals surface area (Å²) >= 11 is 1.24. The molecule has 8 heteroatoms. The number of carbonyl (C=O) groups is 3. The molecule has 1 aliphatic heterocycles. The first-order valence-corrected chi connectivity index (χ1v) is 12.5. The van der Waals surface area contributed by atoms with Crippen molar-refractivity contribution in [3.63, 3.8) is 0 Å². The van der Waals surface area contributed by atoms with Crippen LogP contribution in [0.2, 0.25) is 0 Å². The summed E-state index contributed by atoms with van der Waals surface area (Å²) in [4.78, 5) is 41.6. The molecule has 37 heavy (non-hydrogen) atoms. The number of carboxylic acids is 1. The van der Waals surface area contributed by atoms with Crippen LogP contribution < -0.4 is 4.74 Å². The second-order valence-corrected chi connectivity index (χ2v) is 9.81. The minimum atomic E-state index is -1.51. The number of thioether (sulfide) groups is 1. The average Bonchev–Trinajstić information content (AvgIpc) is 3.16. The van der Waals surface area contributed by atoms with Gasteiger partial charge in [-0.15, -0.1) is 0 Å². The Morgan fingerprint density at radius 1 is 1.00 bits per heavy atom. The standard InChI is InChI=1S/C29H26N2O5S/c1-18(2)21-8-4-20(5-9-21)17-36-24-14-6-19(7-15-24)16-25-27(33)31(3)29(37-25)30-23-12-10-22(11-13-23)26(32)28(34)35/h4-16,18H,17H2,1-3H3,(H,34,35)/b25-16-,30-29?. The van der Waals surface area contributed by atoms with E-state index < -0.39 is 11.8 Å². The molecule has 1 amide bonds. The third-order valence-corrected chi connectivity index (χ3v) is 6.84. The Hall–Kier alpha value is -4.17. The van der Waals surface area contributed by atoms with Crippen LogP contribution in [0.3, 0.4) is 0 Å². The van der Waals surface area contributed by atoms with E-state index in [1.807, 2.05) is 24.3 Å². The molecule has 3 aromatic rings. The summed E-state index contributed by atoms with van der Waals surface area (Å²) < 4.78 is 5.90. The van der Waals surface area contributed by atoms with Crippen LogP contribution in [0.4, 0.5) is 5.69 Å². The second-order valence-electron chi connectivity index (χ2n) is 8.80. The lowest BCUT2D eigenvalue weighted by molar-refractivity contribution is -0.131. The molecule has 4 rings (SSSR count). The van der Waals surface area contributed by atoms with Crippen LogP contribution in [0.25, 0.3) is 6.08 Å². The maximum Gasteiger partial charge on any atom is 0.377 e. The normalized spacial score (nSPS) is 15.6. The fraction of sp³-hybridized carbons (Fsp3) is 0.172. The predicted molar refractivity (Wildman–Crippen MR) is 145 cm³/mol. The number of ether oxygens (including phenoxy) is 1. The van der Waals surface area contributed by atoms with Gasteiger partial charge < -0.3 is 9.84 Å². The highest BCUT2D eigenvalue weighted by Gasteiger charge is 2.30. The van der Waals surface area contributed by atoms with E-state index >= 15 is 0 Å². The molecule has 0 radical (unpaired) electrons. The molecule has 0 aromatic heterocycles. The first-order valence-electron chi connectivity index (χ1n) is 11.7. The Kier molecular flexibility index (Phi) is 7.89. The highest BCUT2D eigenvalue weighted by molar-refractivity contribution is 8.18. The minimum absolute atomic E-state index is 0.0667. The first-order chi connectivity index (χ1) is 17.7. The van der Waals surface area contributed by atoms with Gasteiger partial charge in [0.25, 0.3) is 11.7 Å². The molecule has 1 heterocycles. The van der Waals surface area contributed by atoms with E-state index in [0.29, 0.717) is 28.3 Å². The zero-order valence-corrected chi connectivity index (χ0v) is 21.5. The summed E-state index contributed by atoms with van der Waals surface area (Å²) in [5, 5.41) is 9.31. The third kappa shape index (κ3) is 6.34. The summed E-state index contributed by atoms with van der Waals surface area (Å²) in [6.07, 6.45) is 1.80. The van der Waals surface area contributed by atoms with Crippen LogP contribution >= 0.6 is 11.8 Å². The number of Topliss-reactive ketones (excluding diaryl/α,β-unsaturated/α-hetero) is 1. The first kappa shape index (κ1) is 25.9. The summed E-state index contributed by atoms with van der Waals surface area (Å²) in [6, 6.07) is 21.8. The number of ketones is 1. The Morgan fingerprint density at radius 3 is 2.24 bits per heavy atom. The highest BCUT2D eigenvalue weighted by atomic mass is 32.2. The predicted octanol–water partition coefficient (Wildman–Crippen LogP) is 5.89. The molecular weight excluding hydrogens is 488 g/mol. The number of amidine groups is 1. The molecule has 1 aliphatic rings. The quantitative estimate of drug-likeness (QED) is 0.229. The number of hydrogen-bond donors (Lipinski definition) is 1. The summed E-state index contributed by atoms with van der Waals surface area (Å²) in [5.41, 5.74) is 3.82. The van der Waals surface area contributed by atoms with Gasteiger partial charge in [-0.1, -0.05) is 50.2 Å². The van der Waals surface area contributed by atoms with E-state index in [4.69, 9.17) is 9.84 Å². The molecule has 7 nitrogen and oxygen atoms in total. The number of likely N-dealkylation sites (N-methyl/N-ethyl adjacent to an activating group) is 1. The SMILES string of the molecule is CC(C)c1ccc(COc2ccc(/C=C3\SC(=Nc4ccc(C(=O)C(=O)O)cc4)N(C)C3=O)cc2)cc1. The molecule has 0 bridgehead atoms. The van der Waals surface area contributed by atoms with Gasteiger partial charge >= 0.3 is 5.97 Å². The molecule has 0 saturated carbocycles. The maximum absolute atomic E-state index is 12.7. The lowest BCUT2D eigenvalue weighted by Crippen LogP contribution is -2.23. The topological polar surface area (TPSA) is 96.3 Å². The average molecular weight is 515 g/mol. The summed E-state index contributed by atoms with van der Waals surface area (Å²) in [7, 11) is 1.64. The molecule has 0 atom stereocenters. The number of hydrogen-bond acceptors (Lipinski definition) is 6. The van der Waals surface area contributed by atoms with Crippen LogP contribution in [0.1, 0.15) is 46.8 Å². The van der Waals surface area contributed by atoms with Gasteiger partial charge in [-0.05, 0) is 76.8 Å². The van der Waals surface area contributed by atoms with Crippen molar-refractivity contribution >= 4 is 46.4 Å². The van der Waals surface area contributed by atoms with Crippen molar-refractivity contribution in [2.24, 2.45) is 4.99 Å². The monoisotopic (exact) mass is 514 g/mol. The molecule has 1 saturated heterocycles. The fourth-order valence-corrected chi connectivity index (χ4v) is 4.54. The molecule has 3 aromatic carbocycles. The van der Waals surface area contributed by atoms with Crippen LogP contribution in [-0.2, 0) is 16.2 Å². The van der Waals surface area contributed by atoms with Crippen molar-refractivity contribution in [1.29, 1.82) is 0 Å². The van der Waals surface area contributed by atoms with Gasteiger partial charge in [0.2, 0.25) is 0 Å². The minimum Gasteiger partial charge on any atom is -0.489 e. The highest BCUT2D eigenvalue weighted by Crippen LogP contribution is 2.33. The maximum atomic E-state index is 12.7. The molecule has 1 N–H and O–H groups in total. The number of aliphatic carboxylic acids is 1. The lowest BCUT2D eigenvalue weighted by atomic mass is 10.0. The van der Waals surface area contributed by atoms with Gasteiger partial charge in [-0.3, -0.25) is 14.5 Å². The van der Waals surface area contributed by atoms with Gasteiger partial charge in [-0.2, -0.15) is 0 Å². The zero-order valence-electron chi connectivity index (χ0n) is 20.7. The Bertz CT molecular complexity index is 1380. The van der Waals surface area contributed by atoms with Crippen LogP contribution in [-0.4, -0.2) is 39.9 Å². The number of aliphatic imine (C=N–C) groups is 1. The molecule has 188 valence electrons. The fourth-order valence-electron chi connectivity index (χ4n) is 3.55. The Balaban J connectivity index is 1.40. The molecule has 0 aliphatic carbocycles. The van der Waals surface area contributed by atoms with Gasteiger partial charge in [0.15, 0.2) is 5.17 Å². The number of carbonyl (C=O) groups excluding carboxylic acids is 2. The molecule has 0 spiro atoms. The molecule has 1 fully saturated rings. The lowest BCUT2D eigenvalue weighted by Gasteiger charge is -2.09. The van der Waals surface area contributed by atoms with Gasteiger partial charge in [-0.25, -0.2) is 9.79 Å². The Labute approximate surface area is 219 Å². The zero-order chi connectivity index (χ0) is 26.5. The third-order valence-electron chi connectivity index (χ3n) is 5.78. The Morgan fingerprint density at radius 2 is 1.65 bits per heavy atom. The summed E-state index contributed by atoms with van der Waals surface area (Å²) in [6.45, 7) is 4.81. The van der Waals surface area contributed by atoms with Crippen molar-refractivity contribution in [2.45, 2.75) is 26.4 Å². The van der Waals surface area contributed by atoms with Gasteiger partial charge in [0.1, 0.15) is 12.4 Å². The van der Waals surface area contributed by atoms with Crippen LogP contribution in [0.5, 0.6) is 5.75 Å². The van der Waals surface area contributed by atoms with Crippen molar-refractivity contribution in [3.05, 3.63) is 100.0 Å². The molecule has 0 unspecified atom stereocenters. The van der Waals surface area contributed by atoms with Crippen molar-refractivity contribution in [1.82, 2.24) is 4.90 Å². The van der Waals surface area contributed by atoms with Crippen molar-refractivity contribution in [3.8, 4) is 5.75 Å². The van der Waals surface area contributed by atoms with Crippen molar-refractivity contribution in [2.75, 3.05) is 7.05 Å². The van der Waals surface area contributed by atoms with E-state index in [2.05, 4.69) is 43.1 Å². The number of amides is 1. The van der Waals surface area contributed by atoms with E-state index in [1.54, 1.807) is 25.3 Å². The van der Waals surface area contributed by atoms with Crippen molar-refractivity contribution < 1.29 is 24.2 Å². The number of carboxylic acid groups (broad SMARTS) is 1. The van der Waals surface area contributed by atoms with E-state index in [-0.39, 0.29) is 11.5 Å². The van der Waals surface area contributed by atoms with Crippen LogP contribution in [0, 0.1) is 0 Å². The van der Waals surface area contributed by atoms with Crippen LogP contribution in [0.15, 0.2) is 82.7 Å². The van der Waals surface area contributed by atoms with Gasteiger partial charge in [0.05, 0.1) is 10.6 Å². The molecular formula is C29H26N2O5S. The number of benzene rings is 3. The number of rotatable bonds is 8. The second kappa shape index (κ2) is 11.3. The summed E-state index contributed by atoms with van der Waals surface area (Å²) in [5.74, 6) is -1.44. The van der Waals surface area contributed by atoms with E-state index in [9.17, 15) is 14.4 Å². The largest absolute Gasteiger partial charge is 0.489 e. The van der Waals surface area contributed by atoms with E-state index in [0.717, 1.165) is 16.9 Å². The van der Waals surface area contributed by atoms with E-state index in [1.165, 1.54) is 34.4 Å².